The Kier molecular flexibility index (Phi) is 6.21. The van der Waals surface area contributed by atoms with E-state index in [9.17, 15) is 9.90 Å². The highest BCUT2D eigenvalue weighted by atomic mass is 16.3. The second-order valence-electron chi connectivity index (χ2n) is 5.72. The van der Waals surface area contributed by atoms with E-state index in [-0.39, 0.29) is 12.0 Å². The van der Waals surface area contributed by atoms with E-state index >= 15 is 0 Å². The van der Waals surface area contributed by atoms with Gasteiger partial charge in [0.15, 0.2) is 0 Å². The number of nitrogens with zero attached hydrogens (tertiary/aromatic N) is 1. The minimum atomic E-state index is -0.176. The molecule has 4 heteroatoms. The first kappa shape index (κ1) is 16.0. The Bertz CT molecular complexity index is 462. The van der Waals surface area contributed by atoms with Crippen LogP contribution >= 0.6 is 0 Å². The van der Waals surface area contributed by atoms with Gasteiger partial charge in [0.05, 0.1) is 6.10 Å². The molecule has 1 aliphatic rings. The summed E-state index contributed by atoms with van der Waals surface area (Å²) in [5.74, 6) is 0.0196. The monoisotopic (exact) mass is 290 g/mol. The maximum absolute atomic E-state index is 12.2. The molecule has 116 valence electrons. The number of rotatable bonds is 6. The van der Waals surface area contributed by atoms with Gasteiger partial charge in [-0.25, -0.2) is 0 Å². The number of likely N-dealkylation sites (tertiary alicyclic amines) is 1. The van der Waals surface area contributed by atoms with Gasteiger partial charge in [-0.1, -0.05) is 25.1 Å². The number of aryl methyl sites for hydroxylation is 1. The highest BCUT2D eigenvalue weighted by molar-refractivity contribution is 5.95. The van der Waals surface area contributed by atoms with E-state index in [0.717, 1.165) is 56.4 Å². The first-order valence-corrected chi connectivity index (χ1v) is 7.97. The van der Waals surface area contributed by atoms with Crippen molar-refractivity contribution in [2.75, 3.05) is 26.2 Å². The lowest BCUT2D eigenvalue weighted by molar-refractivity contribution is 0.0697. The molecule has 21 heavy (non-hydrogen) atoms. The van der Waals surface area contributed by atoms with E-state index in [2.05, 4.69) is 17.1 Å². The Hall–Kier alpha value is -1.39. The van der Waals surface area contributed by atoms with Gasteiger partial charge in [-0.2, -0.15) is 0 Å². The average Bonchev–Trinajstić information content (AvgIpc) is 2.51. The second-order valence-corrected chi connectivity index (χ2v) is 5.72. The van der Waals surface area contributed by atoms with Gasteiger partial charge in [0.1, 0.15) is 0 Å². The molecule has 1 aliphatic heterocycles. The van der Waals surface area contributed by atoms with Gasteiger partial charge in [-0.15, -0.1) is 0 Å². The summed E-state index contributed by atoms with van der Waals surface area (Å²) in [6.07, 6.45) is 3.60. The minimum Gasteiger partial charge on any atom is -0.392 e. The maximum atomic E-state index is 12.2. The van der Waals surface area contributed by atoms with Crippen LogP contribution in [0, 0.1) is 0 Å². The van der Waals surface area contributed by atoms with Crippen molar-refractivity contribution in [3.8, 4) is 0 Å². The number of β-amino-alcohol motifs (C(OH)–C–C–N with tert-alkyl or cyclic N) is 1. The van der Waals surface area contributed by atoms with Crippen molar-refractivity contribution in [3.05, 3.63) is 35.4 Å². The van der Waals surface area contributed by atoms with E-state index in [1.165, 1.54) is 0 Å². The molecule has 0 aromatic heterocycles. The molecule has 0 spiro atoms. The molecular formula is C17H26N2O2. The molecule has 1 saturated heterocycles. The lowest BCUT2D eigenvalue weighted by Gasteiger charge is -2.29. The number of amides is 1. The van der Waals surface area contributed by atoms with Crippen LogP contribution in [0.1, 0.15) is 42.1 Å². The summed E-state index contributed by atoms with van der Waals surface area (Å²) in [5, 5.41) is 12.6. The van der Waals surface area contributed by atoms with Crippen molar-refractivity contribution < 1.29 is 9.90 Å². The zero-order chi connectivity index (χ0) is 15.1. The molecule has 2 N–H and O–H groups in total. The zero-order valence-corrected chi connectivity index (χ0v) is 12.8. The van der Waals surface area contributed by atoms with Crippen LogP contribution in [0.4, 0.5) is 0 Å². The van der Waals surface area contributed by atoms with E-state index < -0.39 is 0 Å². The SMILES string of the molecule is CCc1ccccc1C(=O)NCCCN1CCC[C@@H](O)C1. The molecule has 1 fully saturated rings. The molecular weight excluding hydrogens is 264 g/mol. The smallest absolute Gasteiger partial charge is 0.251 e. The van der Waals surface area contributed by atoms with Crippen LogP contribution in [0.5, 0.6) is 0 Å². The Morgan fingerprint density at radius 2 is 2.24 bits per heavy atom. The first-order chi connectivity index (χ1) is 10.2. The van der Waals surface area contributed by atoms with E-state index in [1.54, 1.807) is 0 Å². The van der Waals surface area contributed by atoms with Crippen LogP contribution in [-0.2, 0) is 6.42 Å². The van der Waals surface area contributed by atoms with E-state index in [1.807, 2.05) is 24.3 Å². The lowest BCUT2D eigenvalue weighted by atomic mass is 10.0. The number of nitrogens with one attached hydrogen (secondary N) is 1. The van der Waals surface area contributed by atoms with Gasteiger partial charge in [0, 0.05) is 18.7 Å². The highest BCUT2D eigenvalue weighted by Gasteiger charge is 2.17. The Morgan fingerprint density at radius 1 is 1.43 bits per heavy atom. The third kappa shape index (κ3) is 4.83. The van der Waals surface area contributed by atoms with Crippen molar-refractivity contribution >= 4 is 5.91 Å². The van der Waals surface area contributed by atoms with Crippen LogP contribution in [0.15, 0.2) is 24.3 Å². The number of aliphatic hydroxyl groups is 1. The summed E-state index contributed by atoms with van der Waals surface area (Å²) < 4.78 is 0. The third-order valence-corrected chi connectivity index (χ3v) is 4.06. The topological polar surface area (TPSA) is 52.6 Å². The Morgan fingerprint density at radius 3 is 3.00 bits per heavy atom. The van der Waals surface area contributed by atoms with Gasteiger partial charge in [-0.05, 0) is 50.4 Å². The largest absolute Gasteiger partial charge is 0.392 e. The molecule has 0 saturated carbocycles. The van der Waals surface area contributed by atoms with Crippen LogP contribution in [0.2, 0.25) is 0 Å². The van der Waals surface area contributed by atoms with E-state index in [0.29, 0.717) is 6.54 Å². The molecule has 1 aromatic carbocycles. The number of aliphatic hydroxyl groups excluding tert-OH is 1. The van der Waals surface area contributed by atoms with Crippen molar-refractivity contribution in [2.24, 2.45) is 0 Å². The fraction of sp³-hybridized carbons (Fsp3) is 0.588. The molecule has 1 heterocycles. The highest BCUT2D eigenvalue weighted by Crippen LogP contribution is 2.10. The van der Waals surface area contributed by atoms with Crippen molar-refractivity contribution in [1.82, 2.24) is 10.2 Å². The molecule has 0 unspecified atom stereocenters. The van der Waals surface area contributed by atoms with Crippen molar-refractivity contribution in [1.29, 1.82) is 0 Å². The van der Waals surface area contributed by atoms with Crippen molar-refractivity contribution in [2.45, 2.75) is 38.7 Å². The zero-order valence-electron chi connectivity index (χ0n) is 12.8. The maximum Gasteiger partial charge on any atom is 0.251 e. The lowest BCUT2D eigenvalue weighted by Crippen LogP contribution is -2.39. The van der Waals surface area contributed by atoms with Gasteiger partial charge >= 0.3 is 0 Å². The van der Waals surface area contributed by atoms with Gasteiger partial charge in [-0.3, -0.25) is 4.79 Å². The third-order valence-electron chi connectivity index (χ3n) is 4.06. The molecule has 0 bridgehead atoms. The summed E-state index contributed by atoms with van der Waals surface area (Å²) in [6, 6.07) is 7.76. The molecule has 1 amide bonds. The van der Waals surface area contributed by atoms with Gasteiger partial charge in [0.25, 0.3) is 5.91 Å². The first-order valence-electron chi connectivity index (χ1n) is 7.97. The van der Waals surface area contributed by atoms with E-state index in [4.69, 9.17) is 0 Å². The predicted octanol–water partition coefficient (Wildman–Crippen LogP) is 1.83. The predicted molar refractivity (Wildman–Crippen MR) is 84.5 cm³/mol. The quantitative estimate of drug-likeness (QED) is 0.786. The number of benzene rings is 1. The van der Waals surface area contributed by atoms with Crippen LogP contribution < -0.4 is 5.32 Å². The second kappa shape index (κ2) is 8.15. The summed E-state index contributed by atoms with van der Waals surface area (Å²) in [7, 11) is 0. The molecule has 1 aromatic rings. The molecule has 0 radical (unpaired) electrons. The number of piperidine rings is 1. The molecule has 4 nitrogen and oxygen atoms in total. The van der Waals surface area contributed by atoms with Crippen molar-refractivity contribution in [3.63, 3.8) is 0 Å². The summed E-state index contributed by atoms with van der Waals surface area (Å²) >= 11 is 0. The Balaban J connectivity index is 1.72. The summed E-state index contributed by atoms with van der Waals surface area (Å²) in [6.45, 7) is 5.51. The van der Waals surface area contributed by atoms with Gasteiger partial charge in [0.2, 0.25) is 0 Å². The fourth-order valence-electron chi connectivity index (χ4n) is 2.88. The number of hydrogen-bond donors (Lipinski definition) is 2. The summed E-state index contributed by atoms with van der Waals surface area (Å²) in [5.41, 5.74) is 1.88. The molecule has 0 aliphatic carbocycles. The normalized spacial score (nSPS) is 19.4. The number of carbonyl (C=O) groups excluding carboxylic acids is 1. The van der Waals surface area contributed by atoms with Crippen LogP contribution in [0.25, 0.3) is 0 Å². The van der Waals surface area contributed by atoms with Gasteiger partial charge < -0.3 is 15.3 Å². The minimum absolute atomic E-state index is 0.0196. The number of hydrogen-bond acceptors (Lipinski definition) is 3. The summed E-state index contributed by atoms with van der Waals surface area (Å²) in [4.78, 5) is 14.4. The fourth-order valence-corrected chi connectivity index (χ4v) is 2.88. The van der Waals surface area contributed by atoms with Crippen LogP contribution in [-0.4, -0.2) is 48.2 Å². The molecule has 2 rings (SSSR count). The molecule has 1 atom stereocenters. The standard InChI is InChI=1S/C17H26N2O2/c1-2-14-7-3-4-9-16(14)17(21)18-10-6-12-19-11-5-8-15(20)13-19/h3-4,7,9,15,20H,2,5-6,8,10-13H2,1H3,(H,18,21)/t15-/m1/s1. The van der Waals surface area contributed by atoms with Crippen LogP contribution in [0.3, 0.4) is 0 Å². The average molecular weight is 290 g/mol. The number of carbonyl (C=O) groups is 1. The Labute approximate surface area is 127 Å².